The number of allylic oxidation sites excluding steroid dienone is 3. The van der Waals surface area contributed by atoms with E-state index in [0.29, 0.717) is 0 Å². The predicted molar refractivity (Wildman–Crippen MR) is 63.3 cm³/mol. The summed E-state index contributed by atoms with van der Waals surface area (Å²) < 4.78 is 5.35. The first-order chi connectivity index (χ1) is 6.79. The standard InChI is InChI=1S/C13H22O2/c1-7-8-9-11(13(4,5)6)15-12(14)10(2)3/h7,9-10H,1,8H2,2-6H3. The summed E-state index contributed by atoms with van der Waals surface area (Å²) in [5.41, 5.74) is -0.145. The van der Waals surface area contributed by atoms with E-state index < -0.39 is 0 Å². The molecule has 0 saturated heterocycles. The Bertz CT molecular complexity index is 254. The quantitative estimate of drug-likeness (QED) is 0.402. The number of esters is 1. The summed E-state index contributed by atoms with van der Waals surface area (Å²) in [6, 6.07) is 0. The van der Waals surface area contributed by atoms with Crippen molar-refractivity contribution in [1.82, 2.24) is 0 Å². The van der Waals surface area contributed by atoms with Crippen LogP contribution in [-0.2, 0) is 9.53 Å². The number of carbonyl (C=O) groups is 1. The lowest BCUT2D eigenvalue weighted by molar-refractivity contribution is -0.144. The average molecular weight is 210 g/mol. The van der Waals surface area contributed by atoms with Crippen LogP contribution >= 0.6 is 0 Å². The van der Waals surface area contributed by atoms with Gasteiger partial charge in [-0.1, -0.05) is 40.7 Å². The summed E-state index contributed by atoms with van der Waals surface area (Å²) >= 11 is 0. The van der Waals surface area contributed by atoms with Crippen LogP contribution in [0.1, 0.15) is 41.0 Å². The van der Waals surface area contributed by atoms with Gasteiger partial charge in [0.25, 0.3) is 0 Å². The van der Waals surface area contributed by atoms with Crippen molar-refractivity contribution >= 4 is 5.97 Å². The lowest BCUT2D eigenvalue weighted by Gasteiger charge is -2.23. The summed E-state index contributed by atoms with van der Waals surface area (Å²) in [4.78, 5) is 11.5. The van der Waals surface area contributed by atoms with E-state index in [4.69, 9.17) is 4.74 Å². The topological polar surface area (TPSA) is 26.3 Å². The summed E-state index contributed by atoms with van der Waals surface area (Å²) in [5.74, 6) is 0.445. The van der Waals surface area contributed by atoms with Gasteiger partial charge in [-0.25, -0.2) is 0 Å². The van der Waals surface area contributed by atoms with E-state index in [9.17, 15) is 4.79 Å². The Morgan fingerprint density at radius 2 is 1.93 bits per heavy atom. The van der Waals surface area contributed by atoms with E-state index in [1.165, 1.54) is 0 Å². The average Bonchev–Trinajstić information content (AvgIpc) is 2.09. The molecule has 0 rings (SSSR count). The van der Waals surface area contributed by atoms with Crippen molar-refractivity contribution in [3.8, 4) is 0 Å². The molecule has 0 spiro atoms. The van der Waals surface area contributed by atoms with Crippen LogP contribution in [0.5, 0.6) is 0 Å². The van der Waals surface area contributed by atoms with E-state index in [2.05, 4.69) is 6.58 Å². The second-order valence-electron chi connectivity index (χ2n) is 4.92. The molecular weight excluding hydrogens is 188 g/mol. The second-order valence-corrected chi connectivity index (χ2v) is 4.92. The summed E-state index contributed by atoms with van der Waals surface area (Å²) in [5, 5.41) is 0. The van der Waals surface area contributed by atoms with Gasteiger partial charge in [0.2, 0.25) is 0 Å². The number of hydrogen-bond donors (Lipinski definition) is 0. The molecule has 0 unspecified atom stereocenters. The molecule has 0 bridgehead atoms. The van der Waals surface area contributed by atoms with E-state index in [1.54, 1.807) is 6.08 Å². The zero-order valence-corrected chi connectivity index (χ0v) is 10.5. The molecule has 15 heavy (non-hydrogen) atoms. The highest BCUT2D eigenvalue weighted by molar-refractivity contribution is 5.72. The zero-order valence-electron chi connectivity index (χ0n) is 10.5. The van der Waals surface area contributed by atoms with E-state index in [0.717, 1.165) is 12.2 Å². The van der Waals surface area contributed by atoms with Crippen LogP contribution in [0.25, 0.3) is 0 Å². The third kappa shape index (κ3) is 5.40. The molecule has 0 saturated carbocycles. The highest BCUT2D eigenvalue weighted by Gasteiger charge is 2.22. The fourth-order valence-electron chi connectivity index (χ4n) is 0.918. The molecule has 0 amide bonds. The minimum Gasteiger partial charge on any atom is -0.431 e. The number of ether oxygens (including phenoxy) is 1. The molecule has 0 aliphatic rings. The molecule has 0 aliphatic heterocycles. The third-order valence-corrected chi connectivity index (χ3v) is 1.89. The van der Waals surface area contributed by atoms with Crippen molar-refractivity contribution in [2.75, 3.05) is 0 Å². The lowest BCUT2D eigenvalue weighted by atomic mass is 9.93. The maximum atomic E-state index is 11.5. The van der Waals surface area contributed by atoms with Gasteiger partial charge in [0.1, 0.15) is 5.76 Å². The van der Waals surface area contributed by atoms with E-state index in [1.807, 2.05) is 40.7 Å². The molecule has 0 aromatic heterocycles. The molecule has 0 aromatic carbocycles. The monoisotopic (exact) mass is 210 g/mol. The van der Waals surface area contributed by atoms with Gasteiger partial charge < -0.3 is 4.74 Å². The minimum absolute atomic E-state index is 0.0977. The maximum Gasteiger partial charge on any atom is 0.313 e. The summed E-state index contributed by atoms with van der Waals surface area (Å²) in [7, 11) is 0. The molecule has 0 heterocycles. The maximum absolute atomic E-state index is 11.5. The minimum atomic E-state index is -0.180. The van der Waals surface area contributed by atoms with Crippen LogP contribution in [0.4, 0.5) is 0 Å². The molecule has 86 valence electrons. The van der Waals surface area contributed by atoms with Gasteiger partial charge in [0, 0.05) is 5.41 Å². The molecule has 0 aromatic rings. The predicted octanol–water partition coefficient (Wildman–Crippen LogP) is 3.69. The van der Waals surface area contributed by atoms with E-state index >= 15 is 0 Å². The van der Waals surface area contributed by atoms with Crippen LogP contribution in [0.3, 0.4) is 0 Å². The molecule has 0 fully saturated rings. The molecule has 0 radical (unpaired) electrons. The highest BCUT2D eigenvalue weighted by Crippen LogP contribution is 2.27. The van der Waals surface area contributed by atoms with Crippen LogP contribution in [0.15, 0.2) is 24.5 Å². The Labute approximate surface area is 93.0 Å². The molecule has 0 N–H and O–H groups in total. The Morgan fingerprint density at radius 3 is 2.27 bits per heavy atom. The summed E-state index contributed by atoms with van der Waals surface area (Å²) in [6.07, 6.45) is 4.42. The normalized spacial score (nSPS) is 12.8. The van der Waals surface area contributed by atoms with Crippen LogP contribution in [0.2, 0.25) is 0 Å². The van der Waals surface area contributed by atoms with Crippen molar-refractivity contribution in [2.45, 2.75) is 41.0 Å². The van der Waals surface area contributed by atoms with Crippen molar-refractivity contribution < 1.29 is 9.53 Å². The Kier molecular flexibility index (Phi) is 5.34. The molecule has 2 nitrogen and oxygen atoms in total. The van der Waals surface area contributed by atoms with Gasteiger partial charge in [-0.3, -0.25) is 4.79 Å². The molecular formula is C13H22O2. The highest BCUT2D eigenvalue weighted by atomic mass is 16.5. The van der Waals surface area contributed by atoms with E-state index in [-0.39, 0.29) is 17.3 Å². The summed E-state index contributed by atoms with van der Waals surface area (Å²) in [6.45, 7) is 13.4. The van der Waals surface area contributed by atoms with Gasteiger partial charge in [0.05, 0.1) is 5.92 Å². The zero-order chi connectivity index (χ0) is 12.1. The fourth-order valence-corrected chi connectivity index (χ4v) is 0.918. The Balaban J connectivity index is 4.67. The number of carbonyl (C=O) groups excluding carboxylic acids is 1. The first-order valence-electron chi connectivity index (χ1n) is 5.32. The smallest absolute Gasteiger partial charge is 0.313 e. The van der Waals surface area contributed by atoms with Crippen molar-refractivity contribution in [3.63, 3.8) is 0 Å². The van der Waals surface area contributed by atoms with Crippen LogP contribution < -0.4 is 0 Å². The molecule has 2 heteroatoms. The first-order valence-corrected chi connectivity index (χ1v) is 5.32. The number of hydrogen-bond acceptors (Lipinski definition) is 2. The van der Waals surface area contributed by atoms with Gasteiger partial charge >= 0.3 is 5.97 Å². The van der Waals surface area contributed by atoms with Crippen LogP contribution in [-0.4, -0.2) is 5.97 Å². The van der Waals surface area contributed by atoms with Gasteiger partial charge in [-0.15, -0.1) is 6.58 Å². The van der Waals surface area contributed by atoms with Gasteiger partial charge in [0.15, 0.2) is 0 Å². The van der Waals surface area contributed by atoms with Gasteiger partial charge in [-0.05, 0) is 12.5 Å². The molecule has 0 atom stereocenters. The van der Waals surface area contributed by atoms with Gasteiger partial charge in [-0.2, -0.15) is 0 Å². The van der Waals surface area contributed by atoms with Crippen LogP contribution in [0, 0.1) is 11.3 Å². The third-order valence-electron chi connectivity index (χ3n) is 1.89. The lowest BCUT2D eigenvalue weighted by Crippen LogP contribution is -2.19. The second kappa shape index (κ2) is 5.74. The van der Waals surface area contributed by atoms with Crippen molar-refractivity contribution in [1.29, 1.82) is 0 Å². The SMILES string of the molecule is C=CCC=C(OC(=O)C(C)C)C(C)(C)C. The number of rotatable bonds is 4. The van der Waals surface area contributed by atoms with Crippen molar-refractivity contribution in [2.24, 2.45) is 11.3 Å². The Hall–Kier alpha value is -1.05. The Morgan fingerprint density at radius 1 is 1.40 bits per heavy atom. The fraction of sp³-hybridized carbons (Fsp3) is 0.615. The molecule has 0 aliphatic carbocycles. The largest absolute Gasteiger partial charge is 0.431 e. The van der Waals surface area contributed by atoms with Crippen molar-refractivity contribution in [3.05, 3.63) is 24.5 Å². The first kappa shape index (κ1) is 13.9.